The van der Waals surface area contributed by atoms with E-state index in [2.05, 4.69) is 43.0 Å². The molecule has 1 spiro atoms. The summed E-state index contributed by atoms with van der Waals surface area (Å²) in [6.45, 7) is 5.57. The molecule has 0 bridgehead atoms. The summed E-state index contributed by atoms with van der Waals surface area (Å²) in [6.07, 6.45) is 9.94. The van der Waals surface area contributed by atoms with Gasteiger partial charge in [-0.25, -0.2) is 9.37 Å². The molecule has 9 heteroatoms. The molecule has 5 heterocycles. The summed E-state index contributed by atoms with van der Waals surface area (Å²) in [4.78, 5) is 19.8. The number of pyridine rings is 1. The van der Waals surface area contributed by atoms with Gasteiger partial charge in [0.2, 0.25) is 0 Å². The number of hydrogen-bond acceptors (Lipinski definition) is 5. The Morgan fingerprint density at radius 2 is 2.00 bits per heavy atom. The molecule has 1 amide bonds. The van der Waals surface area contributed by atoms with Crippen LogP contribution in [-0.4, -0.2) is 51.4 Å². The Labute approximate surface area is 214 Å². The number of imidazole rings is 1. The summed E-state index contributed by atoms with van der Waals surface area (Å²) >= 11 is 0. The zero-order valence-corrected chi connectivity index (χ0v) is 20.8. The van der Waals surface area contributed by atoms with Crippen LogP contribution in [0.1, 0.15) is 51.5 Å². The normalized spacial score (nSPS) is 18.2. The van der Waals surface area contributed by atoms with Gasteiger partial charge in [-0.1, -0.05) is 12.1 Å². The number of ether oxygens (including phenoxy) is 1. The van der Waals surface area contributed by atoms with Crippen molar-refractivity contribution >= 4 is 17.2 Å². The van der Waals surface area contributed by atoms with E-state index in [9.17, 15) is 4.79 Å². The van der Waals surface area contributed by atoms with E-state index in [1.54, 1.807) is 30.1 Å². The molecule has 2 saturated heterocycles. The number of carbonyl (C=O) groups is 1. The van der Waals surface area contributed by atoms with E-state index in [0.29, 0.717) is 29.2 Å². The van der Waals surface area contributed by atoms with Gasteiger partial charge in [0.15, 0.2) is 0 Å². The second-order valence-electron chi connectivity index (χ2n) is 10.9. The van der Waals surface area contributed by atoms with Crippen molar-refractivity contribution in [2.24, 2.45) is 5.41 Å². The van der Waals surface area contributed by atoms with E-state index < -0.39 is 0 Å². The van der Waals surface area contributed by atoms with E-state index in [0.717, 1.165) is 43.3 Å². The number of fused-ring (bicyclic) bond motifs is 1. The molecule has 2 aliphatic heterocycles. The highest BCUT2D eigenvalue weighted by atomic mass is 19.1. The van der Waals surface area contributed by atoms with Gasteiger partial charge in [-0.15, -0.1) is 0 Å². The molecule has 37 heavy (non-hydrogen) atoms. The van der Waals surface area contributed by atoms with Crippen molar-refractivity contribution < 1.29 is 13.9 Å². The second kappa shape index (κ2) is 8.41. The van der Waals surface area contributed by atoms with Crippen LogP contribution in [0, 0.1) is 18.2 Å². The molecule has 3 aromatic heterocycles. The van der Waals surface area contributed by atoms with Gasteiger partial charge in [-0.3, -0.25) is 9.48 Å². The number of aromatic nitrogens is 4. The van der Waals surface area contributed by atoms with Crippen LogP contribution in [0.2, 0.25) is 0 Å². The highest BCUT2D eigenvalue weighted by molar-refractivity contribution is 5.93. The number of benzene rings is 1. The fraction of sp³-hybridized carbons (Fsp3) is 0.393. The fourth-order valence-corrected chi connectivity index (χ4v) is 5.50. The van der Waals surface area contributed by atoms with Crippen LogP contribution in [0.4, 0.5) is 10.1 Å². The molecule has 0 unspecified atom stereocenters. The number of amides is 1. The lowest BCUT2D eigenvalue weighted by Gasteiger charge is -2.56. The van der Waals surface area contributed by atoms with Crippen molar-refractivity contribution in [1.82, 2.24) is 24.5 Å². The summed E-state index contributed by atoms with van der Waals surface area (Å²) in [6, 6.07) is 7.96. The number of nitrogens with one attached hydrogen (secondary N) is 1. The fourth-order valence-electron chi connectivity index (χ4n) is 5.50. The van der Waals surface area contributed by atoms with E-state index in [1.165, 1.54) is 18.4 Å². The minimum absolute atomic E-state index is 0.114. The molecule has 7 rings (SSSR count). The third-order valence-corrected chi connectivity index (χ3v) is 7.84. The average molecular weight is 501 g/mol. The van der Waals surface area contributed by atoms with Crippen molar-refractivity contribution in [1.29, 1.82) is 0 Å². The molecule has 190 valence electrons. The number of nitrogens with zero attached hydrogens (tertiary/aromatic N) is 5. The maximum absolute atomic E-state index is 15.1. The summed E-state index contributed by atoms with van der Waals surface area (Å²) in [5.74, 6) is 0.136. The van der Waals surface area contributed by atoms with Crippen molar-refractivity contribution in [2.45, 2.75) is 38.8 Å². The number of anilines is 1. The van der Waals surface area contributed by atoms with Crippen molar-refractivity contribution in [3.05, 3.63) is 82.8 Å². The lowest BCUT2D eigenvalue weighted by atomic mass is 9.77. The lowest BCUT2D eigenvalue weighted by molar-refractivity contribution is -0.127. The monoisotopic (exact) mass is 500 g/mol. The largest absolute Gasteiger partial charge is 0.380 e. The van der Waals surface area contributed by atoms with Gasteiger partial charge in [0.1, 0.15) is 11.5 Å². The Bertz CT molecular complexity index is 1510. The lowest BCUT2D eigenvalue weighted by Crippen LogP contribution is -2.66. The standard InChI is InChI=1S/C28H29FN6O2/c1-18-2-6-24(34-14-28(15-34)16-37-17-28)23(26(18)29)9-30-27(36)21-8-31-35(11-21)13-22-12-33-10-20(19-3-4-19)5-7-25(33)32-22/h2,5-8,10-12,19H,3-4,9,13-17H2,1H3,(H,30,36). The highest BCUT2D eigenvalue weighted by Gasteiger charge is 2.49. The number of rotatable bonds is 7. The van der Waals surface area contributed by atoms with Gasteiger partial charge in [0, 0.05) is 49.5 Å². The molecule has 1 N–H and O–H groups in total. The topological polar surface area (TPSA) is 76.7 Å². The Morgan fingerprint density at radius 1 is 1.16 bits per heavy atom. The van der Waals surface area contributed by atoms with Crippen LogP contribution in [0.3, 0.4) is 0 Å². The van der Waals surface area contributed by atoms with Gasteiger partial charge >= 0.3 is 0 Å². The summed E-state index contributed by atoms with van der Waals surface area (Å²) in [7, 11) is 0. The number of aryl methyl sites for hydroxylation is 1. The average Bonchev–Trinajstić information content (AvgIpc) is 3.45. The predicted octanol–water partition coefficient (Wildman–Crippen LogP) is 3.67. The first-order valence-electron chi connectivity index (χ1n) is 12.9. The first kappa shape index (κ1) is 22.5. The maximum Gasteiger partial charge on any atom is 0.254 e. The summed E-state index contributed by atoms with van der Waals surface area (Å²) < 4.78 is 24.2. The van der Waals surface area contributed by atoms with Gasteiger partial charge < -0.3 is 19.4 Å². The van der Waals surface area contributed by atoms with Crippen LogP contribution in [0.25, 0.3) is 5.65 Å². The van der Waals surface area contributed by atoms with Crippen LogP contribution in [-0.2, 0) is 17.8 Å². The smallest absolute Gasteiger partial charge is 0.254 e. The molecule has 3 fully saturated rings. The first-order chi connectivity index (χ1) is 18.0. The molecule has 0 atom stereocenters. The van der Waals surface area contributed by atoms with Crippen LogP contribution >= 0.6 is 0 Å². The third-order valence-electron chi connectivity index (χ3n) is 7.84. The zero-order chi connectivity index (χ0) is 25.1. The SMILES string of the molecule is Cc1ccc(N2CC3(COC3)C2)c(CNC(=O)c2cnn(Cc3cn4cc(C5CC5)ccc4n3)c2)c1F. The summed E-state index contributed by atoms with van der Waals surface area (Å²) in [5, 5.41) is 7.25. The minimum Gasteiger partial charge on any atom is -0.380 e. The van der Waals surface area contributed by atoms with Crippen molar-refractivity contribution in [2.75, 3.05) is 31.2 Å². The van der Waals surface area contributed by atoms with E-state index in [1.807, 2.05) is 12.3 Å². The number of carbonyl (C=O) groups excluding carboxylic acids is 1. The van der Waals surface area contributed by atoms with Gasteiger partial charge in [-0.2, -0.15) is 5.10 Å². The van der Waals surface area contributed by atoms with Gasteiger partial charge in [0.25, 0.3) is 5.91 Å². The molecule has 4 aromatic rings. The molecular weight excluding hydrogens is 471 g/mol. The molecule has 1 aromatic carbocycles. The molecule has 1 saturated carbocycles. The Morgan fingerprint density at radius 3 is 2.76 bits per heavy atom. The maximum atomic E-state index is 15.1. The van der Waals surface area contributed by atoms with Crippen molar-refractivity contribution in [3.8, 4) is 0 Å². The molecular formula is C28H29FN6O2. The van der Waals surface area contributed by atoms with E-state index in [4.69, 9.17) is 4.74 Å². The Balaban J connectivity index is 1.02. The second-order valence-corrected chi connectivity index (χ2v) is 10.9. The van der Waals surface area contributed by atoms with Crippen LogP contribution in [0.5, 0.6) is 0 Å². The Hall–Kier alpha value is -3.72. The van der Waals surface area contributed by atoms with Gasteiger partial charge in [0.05, 0.1) is 42.6 Å². The minimum atomic E-state index is -0.283. The van der Waals surface area contributed by atoms with Crippen LogP contribution in [0.15, 0.2) is 49.1 Å². The molecule has 1 aliphatic carbocycles. The number of halogens is 1. The van der Waals surface area contributed by atoms with E-state index >= 15 is 4.39 Å². The molecule has 0 radical (unpaired) electrons. The summed E-state index contributed by atoms with van der Waals surface area (Å²) in [5.41, 5.74) is 5.71. The zero-order valence-electron chi connectivity index (χ0n) is 20.8. The quantitative estimate of drug-likeness (QED) is 0.419. The van der Waals surface area contributed by atoms with Crippen molar-refractivity contribution in [3.63, 3.8) is 0 Å². The van der Waals surface area contributed by atoms with Gasteiger partial charge in [-0.05, 0) is 48.9 Å². The van der Waals surface area contributed by atoms with E-state index in [-0.39, 0.29) is 23.7 Å². The Kier molecular flexibility index (Phi) is 5.11. The molecule has 3 aliphatic rings. The van der Waals surface area contributed by atoms with Crippen LogP contribution < -0.4 is 10.2 Å². The third kappa shape index (κ3) is 4.07. The first-order valence-corrected chi connectivity index (χ1v) is 12.9. The predicted molar refractivity (Wildman–Crippen MR) is 136 cm³/mol. The highest BCUT2D eigenvalue weighted by Crippen LogP contribution is 2.42. The number of hydrogen-bond donors (Lipinski definition) is 1. The molecule has 8 nitrogen and oxygen atoms in total.